The van der Waals surface area contributed by atoms with Crippen LogP contribution in [0.2, 0.25) is 0 Å². The molecule has 0 bridgehead atoms. The molecule has 0 unspecified atom stereocenters. The standard InChI is InChI=1S/C22H23NO2.ClH/c1-24-21-11-7-18(8-12-21)15-23-16-19-9-13-22(14-10-19)25-17-20-5-3-2-4-6-20;/h2-14,23H,15-17H2,1H3;1H. The lowest BCUT2D eigenvalue weighted by Crippen LogP contribution is -2.12. The number of halogens is 1. The number of hydrogen-bond donors (Lipinski definition) is 1. The lowest BCUT2D eigenvalue weighted by Gasteiger charge is -2.09. The van der Waals surface area contributed by atoms with Crippen molar-refractivity contribution in [3.05, 3.63) is 95.6 Å². The Hall–Kier alpha value is -2.49. The monoisotopic (exact) mass is 369 g/mol. The van der Waals surface area contributed by atoms with E-state index in [1.54, 1.807) is 7.11 Å². The molecule has 4 heteroatoms. The van der Waals surface area contributed by atoms with Gasteiger partial charge in [0.05, 0.1) is 7.11 Å². The van der Waals surface area contributed by atoms with Crippen LogP contribution in [-0.2, 0) is 19.7 Å². The van der Waals surface area contributed by atoms with E-state index in [9.17, 15) is 0 Å². The molecule has 0 aliphatic rings. The first-order valence-corrected chi connectivity index (χ1v) is 8.43. The summed E-state index contributed by atoms with van der Waals surface area (Å²) in [5.41, 5.74) is 3.65. The molecule has 0 saturated carbocycles. The van der Waals surface area contributed by atoms with Gasteiger partial charge in [-0.1, -0.05) is 54.6 Å². The fraction of sp³-hybridized carbons (Fsp3) is 0.182. The minimum atomic E-state index is 0. The van der Waals surface area contributed by atoms with Gasteiger partial charge in [-0.15, -0.1) is 12.4 Å². The lowest BCUT2D eigenvalue weighted by atomic mass is 10.2. The van der Waals surface area contributed by atoms with Gasteiger partial charge in [0.25, 0.3) is 0 Å². The second-order valence-electron chi connectivity index (χ2n) is 5.87. The van der Waals surface area contributed by atoms with Crippen LogP contribution in [0.25, 0.3) is 0 Å². The van der Waals surface area contributed by atoms with E-state index in [4.69, 9.17) is 9.47 Å². The molecule has 3 aromatic carbocycles. The van der Waals surface area contributed by atoms with E-state index in [0.717, 1.165) is 24.6 Å². The normalized spacial score (nSPS) is 10.0. The summed E-state index contributed by atoms with van der Waals surface area (Å²) in [6.45, 7) is 2.25. The molecule has 136 valence electrons. The predicted molar refractivity (Wildman–Crippen MR) is 108 cm³/mol. The smallest absolute Gasteiger partial charge is 0.119 e. The molecular weight excluding hydrogens is 346 g/mol. The van der Waals surface area contributed by atoms with E-state index in [1.807, 2.05) is 42.5 Å². The highest BCUT2D eigenvalue weighted by atomic mass is 35.5. The summed E-state index contributed by atoms with van der Waals surface area (Å²) in [4.78, 5) is 0. The maximum Gasteiger partial charge on any atom is 0.119 e. The molecule has 0 amide bonds. The van der Waals surface area contributed by atoms with Gasteiger partial charge in [-0.2, -0.15) is 0 Å². The molecule has 0 heterocycles. The Morgan fingerprint density at radius 3 is 1.73 bits per heavy atom. The van der Waals surface area contributed by atoms with Crippen molar-refractivity contribution in [2.24, 2.45) is 0 Å². The summed E-state index contributed by atoms with van der Waals surface area (Å²) in [5, 5.41) is 3.45. The van der Waals surface area contributed by atoms with E-state index in [2.05, 4.69) is 41.7 Å². The molecule has 0 atom stereocenters. The van der Waals surface area contributed by atoms with Gasteiger partial charge in [0.15, 0.2) is 0 Å². The number of hydrogen-bond acceptors (Lipinski definition) is 3. The second kappa shape index (κ2) is 10.5. The summed E-state index contributed by atoms with van der Waals surface area (Å²) in [5.74, 6) is 1.78. The molecule has 1 N–H and O–H groups in total. The van der Waals surface area contributed by atoms with Crippen LogP contribution in [-0.4, -0.2) is 7.11 Å². The molecular formula is C22H24ClNO2. The average Bonchev–Trinajstić information content (AvgIpc) is 2.69. The second-order valence-corrected chi connectivity index (χ2v) is 5.87. The van der Waals surface area contributed by atoms with Crippen molar-refractivity contribution in [2.75, 3.05) is 7.11 Å². The molecule has 0 saturated heterocycles. The van der Waals surface area contributed by atoms with Crippen molar-refractivity contribution < 1.29 is 9.47 Å². The van der Waals surface area contributed by atoms with Crippen molar-refractivity contribution in [1.82, 2.24) is 5.32 Å². The molecule has 0 aromatic heterocycles. The molecule has 3 nitrogen and oxygen atoms in total. The van der Waals surface area contributed by atoms with Crippen LogP contribution in [0.5, 0.6) is 11.5 Å². The highest BCUT2D eigenvalue weighted by Crippen LogP contribution is 2.15. The van der Waals surface area contributed by atoms with Crippen LogP contribution in [0.1, 0.15) is 16.7 Å². The minimum absolute atomic E-state index is 0. The maximum absolute atomic E-state index is 5.81. The first-order chi connectivity index (χ1) is 12.3. The molecule has 0 aliphatic carbocycles. The highest BCUT2D eigenvalue weighted by Gasteiger charge is 1.98. The van der Waals surface area contributed by atoms with E-state index in [1.165, 1.54) is 16.7 Å². The molecule has 0 spiro atoms. The third kappa shape index (κ3) is 6.10. The van der Waals surface area contributed by atoms with Crippen LogP contribution in [0.4, 0.5) is 0 Å². The number of ether oxygens (including phenoxy) is 2. The van der Waals surface area contributed by atoms with E-state index in [0.29, 0.717) is 6.61 Å². The maximum atomic E-state index is 5.81. The number of rotatable bonds is 8. The average molecular weight is 370 g/mol. The minimum Gasteiger partial charge on any atom is -0.497 e. The number of benzene rings is 3. The van der Waals surface area contributed by atoms with Gasteiger partial charge < -0.3 is 14.8 Å². The zero-order valence-electron chi connectivity index (χ0n) is 14.9. The Bertz CT molecular complexity index is 758. The van der Waals surface area contributed by atoms with Crippen LogP contribution < -0.4 is 14.8 Å². The quantitative estimate of drug-likeness (QED) is 0.607. The van der Waals surface area contributed by atoms with Crippen molar-refractivity contribution in [3.63, 3.8) is 0 Å². The number of methoxy groups -OCH3 is 1. The third-order valence-corrected chi connectivity index (χ3v) is 3.99. The number of nitrogens with one attached hydrogen (secondary N) is 1. The summed E-state index contributed by atoms with van der Waals surface area (Å²) in [6.07, 6.45) is 0. The fourth-order valence-corrected chi connectivity index (χ4v) is 2.54. The van der Waals surface area contributed by atoms with Crippen LogP contribution in [0, 0.1) is 0 Å². The van der Waals surface area contributed by atoms with E-state index < -0.39 is 0 Å². The van der Waals surface area contributed by atoms with Gasteiger partial charge in [0, 0.05) is 13.1 Å². The van der Waals surface area contributed by atoms with Gasteiger partial charge in [-0.25, -0.2) is 0 Å². The fourth-order valence-electron chi connectivity index (χ4n) is 2.54. The summed E-state index contributed by atoms with van der Waals surface area (Å²) in [7, 11) is 1.68. The van der Waals surface area contributed by atoms with E-state index >= 15 is 0 Å². The van der Waals surface area contributed by atoms with Gasteiger partial charge in [0.2, 0.25) is 0 Å². The molecule has 26 heavy (non-hydrogen) atoms. The van der Waals surface area contributed by atoms with E-state index in [-0.39, 0.29) is 12.4 Å². The third-order valence-electron chi connectivity index (χ3n) is 3.99. The summed E-state index contributed by atoms with van der Waals surface area (Å²) >= 11 is 0. The van der Waals surface area contributed by atoms with Gasteiger partial charge in [-0.05, 0) is 41.0 Å². The Labute approximate surface area is 161 Å². The molecule has 0 radical (unpaired) electrons. The Morgan fingerprint density at radius 1 is 0.654 bits per heavy atom. The topological polar surface area (TPSA) is 30.5 Å². The SMILES string of the molecule is COc1ccc(CNCc2ccc(OCc3ccccc3)cc2)cc1.Cl. The Kier molecular flexibility index (Phi) is 8.00. The lowest BCUT2D eigenvalue weighted by molar-refractivity contribution is 0.306. The van der Waals surface area contributed by atoms with Crippen LogP contribution in [0.3, 0.4) is 0 Å². The predicted octanol–water partition coefficient (Wildman–Crippen LogP) is 4.99. The van der Waals surface area contributed by atoms with Crippen molar-refractivity contribution in [2.45, 2.75) is 19.7 Å². The highest BCUT2D eigenvalue weighted by molar-refractivity contribution is 5.85. The van der Waals surface area contributed by atoms with Crippen molar-refractivity contribution >= 4 is 12.4 Å². The summed E-state index contributed by atoms with van der Waals surface area (Å²) < 4.78 is 11.0. The zero-order chi connectivity index (χ0) is 17.3. The molecule has 3 rings (SSSR count). The van der Waals surface area contributed by atoms with Crippen molar-refractivity contribution in [3.8, 4) is 11.5 Å². The summed E-state index contributed by atoms with van der Waals surface area (Å²) in [6, 6.07) is 26.5. The van der Waals surface area contributed by atoms with Crippen LogP contribution in [0.15, 0.2) is 78.9 Å². The first-order valence-electron chi connectivity index (χ1n) is 8.43. The van der Waals surface area contributed by atoms with Crippen molar-refractivity contribution in [1.29, 1.82) is 0 Å². The largest absolute Gasteiger partial charge is 0.497 e. The Morgan fingerprint density at radius 2 is 1.19 bits per heavy atom. The van der Waals surface area contributed by atoms with Gasteiger partial charge in [-0.3, -0.25) is 0 Å². The zero-order valence-corrected chi connectivity index (χ0v) is 15.7. The Balaban J connectivity index is 0.00000243. The van der Waals surface area contributed by atoms with Gasteiger partial charge >= 0.3 is 0 Å². The van der Waals surface area contributed by atoms with Crippen LogP contribution >= 0.6 is 12.4 Å². The first kappa shape index (κ1) is 19.8. The molecule has 0 fully saturated rings. The molecule has 0 aliphatic heterocycles. The molecule has 3 aromatic rings. The van der Waals surface area contributed by atoms with Gasteiger partial charge in [0.1, 0.15) is 18.1 Å².